The number of ether oxygens (including phenoxy) is 1. The molecule has 94 valence electrons. The highest BCUT2D eigenvalue weighted by Crippen LogP contribution is 2.30. The highest BCUT2D eigenvalue weighted by molar-refractivity contribution is 5.42. The van der Waals surface area contributed by atoms with Crippen molar-refractivity contribution in [1.82, 2.24) is 10.2 Å². The van der Waals surface area contributed by atoms with Crippen molar-refractivity contribution >= 4 is 0 Å². The molecule has 2 N–H and O–H groups in total. The van der Waals surface area contributed by atoms with Gasteiger partial charge in [0.05, 0.1) is 7.11 Å². The SMILES string of the molecule is COc1cc([C@H](C)N2CCNCC2)ccc1O. The maximum atomic E-state index is 9.58. The normalized spacial score (nSPS) is 18.9. The van der Waals surface area contributed by atoms with E-state index in [1.165, 1.54) is 5.56 Å². The Labute approximate surface area is 102 Å². The lowest BCUT2D eigenvalue weighted by atomic mass is 10.1. The predicted molar refractivity (Wildman–Crippen MR) is 67.5 cm³/mol. The molecule has 1 saturated heterocycles. The summed E-state index contributed by atoms with van der Waals surface area (Å²) < 4.78 is 5.14. The number of phenolic OH excluding ortho intramolecular Hbond substituents is 1. The number of hydrogen-bond donors (Lipinski definition) is 2. The largest absolute Gasteiger partial charge is 0.504 e. The van der Waals surface area contributed by atoms with Crippen LogP contribution in [0.2, 0.25) is 0 Å². The van der Waals surface area contributed by atoms with E-state index in [0.29, 0.717) is 11.8 Å². The summed E-state index contributed by atoms with van der Waals surface area (Å²) in [6, 6.07) is 5.94. The number of piperazine rings is 1. The van der Waals surface area contributed by atoms with E-state index in [9.17, 15) is 5.11 Å². The smallest absolute Gasteiger partial charge is 0.160 e. The molecule has 1 aromatic rings. The first-order chi connectivity index (χ1) is 8.22. The Kier molecular flexibility index (Phi) is 3.86. The number of aromatic hydroxyl groups is 1. The fraction of sp³-hybridized carbons (Fsp3) is 0.538. The highest BCUT2D eigenvalue weighted by Gasteiger charge is 2.18. The minimum atomic E-state index is 0.198. The van der Waals surface area contributed by atoms with Crippen LogP contribution in [-0.4, -0.2) is 43.3 Å². The van der Waals surface area contributed by atoms with E-state index in [1.807, 2.05) is 12.1 Å². The van der Waals surface area contributed by atoms with Crippen molar-refractivity contribution < 1.29 is 9.84 Å². The second-order valence-electron chi connectivity index (χ2n) is 4.39. The van der Waals surface area contributed by atoms with Gasteiger partial charge in [0.2, 0.25) is 0 Å². The Bertz CT molecular complexity index is 376. The molecule has 1 aliphatic heterocycles. The van der Waals surface area contributed by atoms with Gasteiger partial charge < -0.3 is 15.2 Å². The molecular weight excluding hydrogens is 216 g/mol. The van der Waals surface area contributed by atoms with Crippen molar-refractivity contribution in [3.05, 3.63) is 23.8 Å². The first kappa shape index (κ1) is 12.2. The van der Waals surface area contributed by atoms with Gasteiger partial charge in [-0.1, -0.05) is 6.07 Å². The molecule has 1 aromatic carbocycles. The maximum Gasteiger partial charge on any atom is 0.160 e. The average Bonchev–Trinajstić information content (AvgIpc) is 2.39. The molecule has 0 bridgehead atoms. The third-order valence-corrected chi connectivity index (χ3v) is 3.39. The van der Waals surface area contributed by atoms with Crippen molar-refractivity contribution in [2.24, 2.45) is 0 Å². The van der Waals surface area contributed by atoms with Crippen LogP contribution in [0.3, 0.4) is 0 Å². The van der Waals surface area contributed by atoms with Gasteiger partial charge in [-0.2, -0.15) is 0 Å². The Morgan fingerprint density at radius 2 is 2.06 bits per heavy atom. The molecule has 17 heavy (non-hydrogen) atoms. The van der Waals surface area contributed by atoms with Gasteiger partial charge in [0.25, 0.3) is 0 Å². The summed E-state index contributed by atoms with van der Waals surface area (Å²) >= 11 is 0. The number of nitrogens with zero attached hydrogens (tertiary/aromatic N) is 1. The van der Waals surface area contributed by atoms with Crippen LogP contribution in [0, 0.1) is 0 Å². The molecule has 0 amide bonds. The van der Waals surface area contributed by atoms with Gasteiger partial charge in [0, 0.05) is 32.2 Å². The lowest BCUT2D eigenvalue weighted by Gasteiger charge is -2.33. The second kappa shape index (κ2) is 5.38. The van der Waals surface area contributed by atoms with Crippen LogP contribution in [-0.2, 0) is 0 Å². The van der Waals surface area contributed by atoms with Gasteiger partial charge in [-0.25, -0.2) is 0 Å². The number of nitrogens with one attached hydrogen (secondary N) is 1. The Balaban J connectivity index is 2.15. The van der Waals surface area contributed by atoms with Crippen LogP contribution in [0.25, 0.3) is 0 Å². The van der Waals surface area contributed by atoms with Gasteiger partial charge in [-0.05, 0) is 24.6 Å². The van der Waals surface area contributed by atoms with E-state index in [2.05, 4.69) is 17.1 Å². The molecule has 0 unspecified atom stereocenters. The molecule has 0 radical (unpaired) electrons. The summed E-state index contributed by atoms with van der Waals surface area (Å²) in [5, 5.41) is 12.9. The zero-order valence-corrected chi connectivity index (χ0v) is 10.4. The average molecular weight is 236 g/mol. The molecule has 0 aliphatic carbocycles. The summed E-state index contributed by atoms with van der Waals surface area (Å²) in [4.78, 5) is 2.43. The number of hydrogen-bond acceptors (Lipinski definition) is 4. The third-order valence-electron chi connectivity index (χ3n) is 3.39. The van der Waals surface area contributed by atoms with Crippen LogP contribution in [0.15, 0.2) is 18.2 Å². The Hall–Kier alpha value is -1.26. The first-order valence-electron chi connectivity index (χ1n) is 6.04. The van der Waals surface area contributed by atoms with Gasteiger partial charge in [0.15, 0.2) is 11.5 Å². The lowest BCUT2D eigenvalue weighted by molar-refractivity contribution is 0.185. The topological polar surface area (TPSA) is 44.7 Å². The molecule has 0 aromatic heterocycles. The van der Waals surface area contributed by atoms with Crippen LogP contribution in [0.5, 0.6) is 11.5 Å². The summed E-state index contributed by atoms with van der Waals surface area (Å²) in [5.74, 6) is 0.744. The van der Waals surface area contributed by atoms with Crippen LogP contribution >= 0.6 is 0 Å². The van der Waals surface area contributed by atoms with Crippen molar-refractivity contribution in [3.8, 4) is 11.5 Å². The van der Waals surface area contributed by atoms with E-state index in [1.54, 1.807) is 13.2 Å². The minimum absolute atomic E-state index is 0.198. The van der Waals surface area contributed by atoms with Crippen molar-refractivity contribution in [2.75, 3.05) is 33.3 Å². The summed E-state index contributed by atoms with van der Waals surface area (Å²) in [5.41, 5.74) is 1.18. The number of benzene rings is 1. The quantitative estimate of drug-likeness (QED) is 0.832. The second-order valence-corrected chi connectivity index (χ2v) is 4.39. The zero-order valence-electron chi connectivity index (χ0n) is 10.4. The van der Waals surface area contributed by atoms with E-state index in [0.717, 1.165) is 26.2 Å². The predicted octanol–water partition coefficient (Wildman–Crippen LogP) is 1.37. The van der Waals surface area contributed by atoms with Gasteiger partial charge in [0.1, 0.15) is 0 Å². The van der Waals surface area contributed by atoms with Crippen LogP contribution in [0.1, 0.15) is 18.5 Å². The minimum Gasteiger partial charge on any atom is -0.504 e. The van der Waals surface area contributed by atoms with E-state index in [4.69, 9.17) is 4.74 Å². The van der Waals surface area contributed by atoms with Crippen molar-refractivity contribution in [2.45, 2.75) is 13.0 Å². The highest BCUT2D eigenvalue weighted by atomic mass is 16.5. The standard InChI is InChI=1S/C13H20N2O2/c1-10(15-7-5-14-6-8-15)11-3-4-12(16)13(9-11)17-2/h3-4,9-10,14,16H,5-8H2,1-2H3/t10-/m0/s1. The summed E-state index contributed by atoms with van der Waals surface area (Å²) in [6.45, 7) is 6.39. The molecule has 1 heterocycles. The van der Waals surface area contributed by atoms with Gasteiger partial charge >= 0.3 is 0 Å². The Morgan fingerprint density at radius 3 is 2.71 bits per heavy atom. The number of methoxy groups -OCH3 is 1. The molecule has 2 rings (SSSR count). The number of phenols is 1. The summed E-state index contributed by atoms with van der Waals surface area (Å²) in [7, 11) is 1.58. The Morgan fingerprint density at radius 1 is 1.35 bits per heavy atom. The van der Waals surface area contributed by atoms with Crippen molar-refractivity contribution in [3.63, 3.8) is 0 Å². The molecular formula is C13H20N2O2. The molecule has 1 fully saturated rings. The van der Waals surface area contributed by atoms with Crippen molar-refractivity contribution in [1.29, 1.82) is 0 Å². The maximum absolute atomic E-state index is 9.58. The number of rotatable bonds is 3. The molecule has 1 atom stereocenters. The van der Waals surface area contributed by atoms with E-state index >= 15 is 0 Å². The molecule has 0 saturated carbocycles. The van der Waals surface area contributed by atoms with Gasteiger partial charge in [-0.3, -0.25) is 4.90 Å². The summed E-state index contributed by atoms with van der Waals surface area (Å²) in [6.07, 6.45) is 0. The molecule has 0 spiro atoms. The van der Waals surface area contributed by atoms with Crippen LogP contribution < -0.4 is 10.1 Å². The molecule has 4 heteroatoms. The van der Waals surface area contributed by atoms with Gasteiger partial charge in [-0.15, -0.1) is 0 Å². The third kappa shape index (κ3) is 2.70. The fourth-order valence-corrected chi connectivity index (χ4v) is 2.23. The van der Waals surface area contributed by atoms with E-state index < -0.39 is 0 Å². The zero-order chi connectivity index (χ0) is 12.3. The van der Waals surface area contributed by atoms with Crippen LogP contribution in [0.4, 0.5) is 0 Å². The monoisotopic (exact) mass is 236 g/mol. The first-order valence-corrected chi connectivity index (χ1v) is 6.04. The lowest BCUT2D eigenvalue weighted by Crippen LogP contribution is -2.44. The van der Waals surface area contributed by atoms with E-state index in [-0.39, 0.29) is 5.75 Å². The molecule has 1 aliphatic rings. The fourth-order valence-electron chi connectivity index (χ4n) is 2.23. The molecule has 4 nitrogen and oxygen atoms in total.